The Bertz CT molecular complexity index is 535. The summed E-state index contributed by atoms with van der Waals surface area (Å²) in [5, 5.41) is 29.8. The molecule has 0 aliphatic carbocycles. The Kier molecular flexibility index (Phi) is 3.02. The highest BCUT2D eigenvalue weighted by Crippen LogP contribution is 2.38. The fourth-order valence-electron chi connectivity index (χ4n) is 1.75. The molecule has 19 heavy (non-hydrogen) atoms. The summed E-state index contributed by atoms with van der Waals surface area (Å²) in [6.45, 7) is 1.35. The number of aromatic nitrogens is 2. The Hall–Kier alpha value is -2.01. The Morgan fingerprint density at radius 2 is 2.00 bits per heavy atom. The summed E-state index contributed by atoms with van der Waals surface area (Å²) in [4.78, 5) is 11.2. The zero-order chi connectivity index (χ0) is 14.4. The van der Waals surface area contributed by atoms with E-state index < -0.39 is 23.8 Å². The molecule has 1 aromatic heterocycles. The lowest BCUT2D eigenvalue weighted by Crippen LogP contribution is -2.71. The number of nitrogen functional groups attached to an aromatic ring is 1. The van der Waals surface area contributed by atoms with Gasteiger partial charge in [-0.05, 0) is 6.92 Å². The highest BCUT2D eigenvalue weighted by Gasteiger charge is 2.44. The molecule has 2 rings (SSSR count). The van der Waals surface area contributed by atoms with Gasteiger partial charge in [0.05, 0.1) is 6.10 Å². The average molecular weight is 269 g/mol. The van der Waals surface area contributed by atoms with Crippen LogP contribution in [0, 0.1) is 0 Å². The predicted octanol–water partition coefficient (Wildman–Crippen LogP) is -2.44. The molecule has 0 fully saturated rings. The number of hydrazine groups is 1. The number of fused-ring (bicyclic) bond motifs is 1. The fraction of sp³-hybridized carbons (Fsp3) is 0.444. The van der Waals surface area contributed by atoms with Crippen molar-refractivity contribution in [2.45, 2.75) is 24.8 Å². The molecule has 1 aliphatic heterocycles. The van der Waals surface area contributed by atoms with Gasteiger partial charge in [-0.15, -0.1) is 0 Å². The normalized spacial score (nSPS) is 25.0. The van der Waals surface area contributed by atoms with E-state index in [-0.39, 0.29) is 17.5 Å². The Balaban J connectivity index is 2.53. The lowest BCUT2D eigenvalue weighted by atomic mass is 9.99. The van der Waals surface area contributed by atoms with Crippen LogP contribution in [0.25, 0.3) is 0 Å². The van der Waals surface area contributed by atoms with Crippen LogP contribution >= 0.6 is 0 Å². The van der Waals surface area contributed by atoms with Gasteiger partial charge in [-0.3, -0.25) is 5.01 Å². The van der Waals surface area contributed by atoms with E-state index in [0.29, 0.717) is 0 Å². The van der Waals surface area contributed by atoms with Crippen molar-refractivity contribution in [1.82, 2.24) is 9.97 Å². The monoisotopic (exact) mass is 269 g/mol. The highest BCUT2D eigenvalue weighted by atomic mass is 16.3. The molecule has 104 valence electrons. The van der Waals surface area contributed by atoms with Gasteiger partial charge in [-0.25, -0.2) is 10.8 Å². The molecule has 0 bridgehead atoms. The first-order valence-corrected chi connectivity index (χ1v) is 5.39. The molecule has 0 amide bonds. The van der Waals surface area contributed by atoms with Crippen LogP contribution in [0.2, 0.25) is 0 Å². The molecular weight excluding hydrogens is 254 g/mol. The summed E-state index contributed by atoms with van der Waals surface area (Å²) in [6.07, 6.45) is -1.48. The molecule has 3 unspecified atom stereocenters. The average Bonchev–Trinajstić information content (AvgIpc) is 2.33. The molecule has 10 nitrogen and oxygen atoms in total. The molecule has 10 heteroatoms. The lowest BCUT2D eigenvalue weighted by molar-refractivity contribution is 0.0000805. The summed E-state index contributed by atoms with van der Waals surface area (Å²) in [6, 6.07) is 0. The SMILES string of the molecule is CC(O)C(O)C1(N)C=Nc2c(O)nc(N)nc2N1N. The maximum Gasteiger partial charge on any atom is 0.244 e. The third-order valence-corrected chi connectivity index (χ3v) is 2.84. The topological polar surface area (TPSA) is 180 Å². The van der Waals surface area contributed by atoms with Crippen molar-refractivity contribution < 1.29 is 15.3 Å². The molecule has 1 aromatic rings. The number of rotatable bonds is 2. The van der Waals surface area contributed by atoms with E-state index in [2.05, 4.69) is 15.0 Å². The quantitative estimate of drug-likeness (QED) is 0.318. The minimum absolute atomic E-state index is 0.0180. The zero-order valence-electron chi connectivity index (χ0n) is 10.1. The van der Waals surface area contributed by atoms with Gasteiger partial charge in [0.1, 0.15) is 6.10 Å². The standard InChI is InChI=1S/C9H15N7O3/c1-3(17)5(18)9(11)2-13-4-6(16(9)12)14-8(10)15-7(4)19/h2-3,5,17-18H,11-12H2,1H3,(H3,10,14,15,19). The second-order valence-corrected chi connectivity index (χ2v) is 4.28. The maximum atomic E-state index is 9.92. The highest BCUT2D eigenvalue weighted by molar-refractivity contribution is 5.87. The van der Waals surface area contributed by atoms with Crippen LogP contribution in [0.4, 0.5) is 17.5 Å². The van der Waals surface area contributed by atoms with E-state index in [1.807, 2.05) is 0 Å². The van der Waals surface area contributed by atoms with Crippen molar-refractivity contribution in [2.75, 3.05) is 10.7 Å². The molecule has 2 heterocycles. The van der Waals surface area contributed by atoms with E-state index in [0.717, 1.165) is 11.2 Å². The van der Waals surface area contributed by atoms with Crippen LogP contribution in [-0.4, -0.2) is 49.4 Å². The van der Waals surface area contributed by atoms with Crippen molar-refractivity contribution in [3.05, 3.63) is 0 Å². The molecule has 0 saturated carbocycles. The van der Waals surface area contributed by atoms with Crippen molar-refractivity contribution >= 4 is 23.7 Å². The Morgan fingerprint density at radius 1 is 1.37 bits per heavy atom. The lowest BCUT2D eigenvalue weighted by Gasteiger charge is -2.42. The number of nitrogens with zero attached hydrogens (tertiary/aromatic N) is 4. The predicted molar refractivity (Wildman–Crippen MR) is 67.5 cm³/mol. The van der Waals surface area contributed by atoms with Gasteiger partial charge < -0.3 is 26.8 Å². The molecule has 0 spiro atoms. The first-order chi connectivity index (χ1) is 8.77. The number of aromatic hydroxyl groups is 1. The third kappa shape index (κ3) is 1.96. The molecule has 0 aromatic carbocycles. The summed E-state index contributed by atoms with van der Waals surface area (Å²) in [5.41, 5.74) is 9.62. The van der Waals surface area contributed by atoms with E-state index in [9.17, 15) is 15.3 Å². The van der Waals surface area contributed by atoms with Gasteiger partial charge in [0.2, 0.25) is 11.8 Å². The minimum atomic E-state index is -1.69. The van der Waals surface area contributed by atoms with Gasteiger partial charge in [0.25, 0.3) is 0 Å². The number of hydrogen-bond acceptors (Lipinski definition) is 10. The number of aliphatic hydroxyl groups is 2. The Morgan fingerprint density at radius 3 is 2.58 bits per heavy atom. The van der Waals surface area contributed by atoms with Crippen molar-refractivity contribution in [3.8, 4) is 5.88 Å². The molecule has 0 radical (unpaired) electrons. The molecular formula is C9H15N7O3. The number of aliphatic imine (C=N–C) groups is 1. The van der Waals surface area contributed by atoms with Crippen LogP contribution in [0.1, 0.15) is 6.92 Å². The van der Waals surface area contributed by atoms with Crippen LogP contribution in [0.15, 0.2) is 4.99 Å². The van der Waals surface area contributed by atoms with Gasteiger partial charge in [0.15, 0.2) is 17.2 Å². The number of aliphatic hydroxyl groups excluding tert-OH is 2. The number of anilines is 2. The summed E-state index contributed by atoms with van der Waals surface area (Å²) in [5.74, 6) is 5.06. The van der Waals surface area contributed by atoms with Gasteiger partial charge >= 0.3 is 0 Å². The van der Waals surface area contributed by atoms with Gasteiger partial charge in [-0.1, -0.05) is 0 Å². The smallest absolute Gasteiger partial charge is 0.244 e. The van der Waals surface area contributed by atoms with Crippen LogP contribution in [0.3, 0.4) is 0 Å². The molecule has 3 atom stereocenters. The molecule has 9 N–H and O–H groups in total. The first-order valence-electron chi connectivity index (χ1n) is 5.39. The minimum Gasteiger partial charge on any atom is -0.492 e. The van der Waals surface area contributed by atoms with E-state index >= 15 is 0 Å². The fourth-order valence-corrected chi connectivity index (χ4v) is 1.75. The second-order valence-electron chi connectivity index (χ2n) is 4.28. The second kappa shape index (κ2) is 4.28. The molecule has 0 saturated heterocycles. The largest absolute Gasteiger partial charge is 0.492 e. The maximum absolute atomic E-state index is 9.92. The van der Waals surface area contributed by atoms with Gasteiger partial charge in [0, 0.05) is 6.21 Å². The van der Waals surface area contributed by atoms with E-state index in [1.165, 1.54) is 6.92 Å². The zero-order valence-corrected chi connectivity index (χ0v) is 10.1. The number of hydrogen-bond donors (Lipinski definition) is 6. The van der Waals surface area contributed by atoms with E-state index in [1.54, 1.807) is 0 Å². The number of nitrogens with two attached hydrogens (primary N) is 3. The summed E-state index contributed by atoms with van der Waals surface area (Å²) in [7, 11) is 0. The first kappa shape index (κ1) is 13.4. The molecule has 1 aliphatic rings. The summed E-state index contributed by atoms with van der Waals surface area (Å²) >= 11 is 0. The van der Waals surface area contributed by atoms with Crippen molar-refractivity contribution in [3.63, 3.8) is 0 Å². The van der Waals surface area contributed by atoms with Crippen molar-refractivity contribution in [1.29, 1.82) is 0 Å². The third-order valence-electron chi connectivity index (χ3n) is 2.84. The van der Waals surface area contributed by atoms with Crippen LogP contribution < -0.4 is 22.3 Å². The van der Waals surface area contributed by atoms with Gasteiger partial charge in [-0.2, -0.15) is 9.97 Å². The summed E-state index contributed by atoms with van der Waals surface area (Å²) < 4.78 is 0. The van der Waals surface area contributed by atoms with Crippen LogP contribution in [-0.2, 0) is 0 Å². The van der Waals surface area contributed by atoms with E-state index in [4.69, 9.17) is 17.3 Å². The van der Waals surface area contributed by atoms with Crippen LogP contribution in [0.5, 0.6) is 5.88 Å². The van der Waals surface area contributed by atoms with Crippen molar-refractivity contribution in [2.24, 2.45) is 16.6 Å². The Labute approximate surface area is 108 Å².